The number of primary amides is 1. The number of phenolic OH excluding ortho intramolecular Hbond substituents is 1. The third kappa shape index (κ3) is 4.08. The highest BCUT2D eigenvalue weighted by atomic mass is 19.1. The first-order valence-electron chi connectivity index (χ1n) is 12.4. The zero-order chi connectivity index (χ0) is 28.9. The van der Waals surface area contributed by atoms with Gasteiger partial charge in [0.2, 0.25) is 5.78 Å². The van der Waals surface area contributed by atoms with Crippen LogP contribution in [0.2, 0.25) is 0 Å². The second-order valence-electron chi connectivity index (χ2n) is 9.92. The van der Waals surface area contributed by atoms with Gasteiger partial charge in [-0.25, -0.2) is 9.18 Å². The van der Waals surface area contributed by atoms with Gasteiger partial charge in [0.25, 0.3) is 5.91 Å². The van der Waals surface area contributed by atoms with Gasteiger partial charge in [-0.15, -0.1) is 0 Å². The van der Waals surface area contributed by atoms with E-state index in [1.165, 1.54) is 6.07 Å². The summed E-state index contributed by atoms with van der Waals surface area (Å²) in [7, 11) is 0. The maximum absolute atomic E-state index is 13.7. The lowest BCUT2D eigenvalue weighted by atomic mass is 9.60. The van der Waals surface area contributed by atoms with E-state index in [9.17, 15) is 44.0 Å². The fourth-order valence-electron chi connectivity index (χ4n) is 5.91. The Morgan fingerprint density at radius 3 is 2.42 bits per heavy atom. The van der Waals surface area contributed by atoms with Crippen LogP contribution in [0, 0.1) is 11.8 Å². The van der Waals surface area contributed by atoms with Crippen LogP contribution in [0.4, 0.5) is 14.9 Å². The molecule has 2 amide bonds. The molecule has 40 heavy (non-hydrogen) atoms. The molecule has 2 aromatic rings. The summed E-state index contributed by atoms with van der Waals surface area (Å²) in [5.41, 5.74) is 3.48. The number of anilines is 1. The van der Waals surface area contributed by atoms with E-state index < -0.39 is 64.8 Å². The molecule has 208 valence electrons. The molecule has 0 saturated heterocycles. The van der Waals surface area contributed by atoms with Gasteiger partial charge < -0.3 is 30.9 Å². The zero-order valence-corrected chi connectivity index (χ0v) is 20.9. The molecule has 0 heterocycles. The normalized spacial score (nSPS) is 23.8. The Morgan fingerprint density at radius 1 is 1.07 bits per heavy atom. The van der Waals surface area contributed by atoms with Gasteiger partial charge in [-0.05, 0) is 53.6 Å². The Morgan fingerprint density at radius 2 is 1.77 bits per heavy atom. The van der Waals surface area contributed by atoms with Crippen LogP contribution >= 0.6 is 0 Å². The highest BCUT2D eigenvalue weighted by molar-refractivity contribution is 6.24. The number of ketones is 2. The molecule has 0 spiro atoms. The van der Waals surface area contributed by atoms with Crippen LogP contribution in [-0.4, -0.2) is 62.9 Å². The van der Waals surface area contributed by atoms with Gasteiger partial charge in [-0.1, -0.05) is 18.2 Å². The Kier molecular flexibility index (Phi) is 6.58. The van der Waals surface area contributed by atoms with Gasteiger partial charge in [0.05, 0.1) is 5.56 Å². The lowest BCUT2D eigenvalue weighted by molar-refractivity contribution is -0.144. The smallest absolute Gasteiger partial charge is 0.411 e. The van der Waals surface area contributed by atoms with Crippen LogP contribution in [0.15, 0.2) is 59.1 Å². The van der Waals surface area contributed by atoms with Crippen molar-refractivity contribution in [3.8, 4) is 16.9 Å². The summed E-state index contributed by atoms with van der Waals surface area (Å²) < 4.78 is 16.9. The number of allylic oxidation sites excluding steroid dienone is 2. The Bertz CT molecular complexity index is 1530. The van der Waals surface area contributed by atoms with Crippen molar-refractivity contribution in [3.05, 3.63) is 70.2 Å². The average molecular weight is 553 g/mol. The number of amides is 2. The van der Waals surface area contributed by atoms with Crippen LogP contribution in [0.1, 0.15) is 28.8 Å². The number of rotatable bonds is 5. The van der Waals surface area contributed by atoms with E-state index in [-0.39, 0.29) is 42.8 Å². The predicted octanol–water partition coefficient (Wildman–Crippen LogP) is 2.77. The van der Waals surface area contributed by atoms with E-state index in [1.807, 2.05) is 0 Å². The molecule has 0 radical (unpaired) electrons. The third-order valence-corrected chi connectivity index (χ3v) is 7.70. The van der Waals surface area contributed by atoms with Crippen molar-refractivity contribution >= 4 is 29.3 Å². The lowest BCUT2D eigenvalue weighted by Gasteiger charge is -2.45. The minimum absolute atomic E-state index is 0.0157. The molecule has 0 unspecified atom stereocenters. The number of nitrogens with one attached hydrogen (secondary N) is 1. The molecule has 11 nitrogen and oxygen atoms in total. The van der Waals surface area contributed by atoms with Gasteiger partial charge >= 0.3 is 6.09 Å². The highest BCUT2D eigenvalue weighted by Gasteiger charge is 2.59. The monoisotopic (exact) mass is 552 g/mol. The van der Waals surface area contributed by atoms with Crippen LogP contribution < -0.4 is 11.1 Å². The molecule has 0 fully saturated rings. The molecule has 0 bridgehead atoms. The molecule has 2 aromatic carbocycles. The summed E-state index contributed by atoms with van der Waals surface area (Å²) in [5, 5.41) is 45.9. The summed E-state index contributed by atoms with van der Waals surface area (Å²) in [6.45, 7) is -1.19. The minimum Gasteiger partial charge on any atom is -0.511 e. The van der Waals surface area contributed by atoms with Crippen molar-refractivity contribution in [1.29, 1.82) is 0 Å². The Hall–Kier alpha value is -4.71. The molecule has 3 aliphatic carbocycles. The van der Waals surface area contributed by atoms with Crippen LogP contribution in [-0.2, 0) is 20.7 Å². The maximum atomic E-state index is 13.7. The van der Waals surface area contributed by atoms with Crippen LogP contribution in [0.3, 0.4) is 0 Å². The van der Waals surface area contributed by atoms with E-state index in [1.54, 1.807) is 30.3 Å². The number of phenols is 1. The number of Topliss-reactive ketones (excluding diaryl/α,β-unsaturated/α-hetero) is 2. The first kappa shape index (κ1) is 26.9. The van der Waals surface area contributed by atoms with E-state index >= 15 is 0 Å². The number of hydrogen-bond acceptors (Lipinski definition) is 9. The van der Waals surface area contributed by atoms with E-state index in [0.29, 0.717) is 22.4 Å². The number of fused-ring (bicyclic) bond motifs is 3. The second kappa shape index (κ2) is 9.79. The zero-order valence-electron chi connectivity index (χ0n) is 20.9. The number of carbonyl (C=O) groups excluding carboxylic acids is 4. The van der Waals surface area contributed by atoms with Crippen molar-refractivity contribution in [2.75, 3.05) is 18.6 Å². The molecular formula is C28H25FN2O9. The number of aliphatic hydroxyl groups excluding tert-OH is 2. The van der Waals surface area contributed by atoms with Gasteiger partial charge in [-0.3, -0.25) is 19.7 Å². The fraction of sp³-hybridized carbons (Fsp3) is 0.286. The number of aliphatic hydroxyl groups is 3. The Labute approximate surface area is 226 Å². The van der Waals surface area contributed by atoms with Crippen LogP contribution in [0.5, 0.6) is 5.75 Å². The summed E-state index contributed by atoms with van der Waals surface area (Å²) in [6.07, 6.45) is -0.973. The number of benzene rings is 2. The summed E-state index contributed by atoms with van der Waals surface area (Å²) >= 11 is 0. The molecule has 7 N–H and O–H groups in total. The molecule has 3 atom stereocenters. The van der Waals surface area contributed by atoms with Crippen molar-refractivity contribution in [3.63, 3.8) is 0 Å². The number of halogens is 1. The first-order valence-corrected chi connectivity index (χ1v) is 12.4. The SMILES string of the molecule is NC(=O)C1=C(O)C[C@@H]2C[C@@H]3Cc4c(-c5ccc(NC(=O)OCCF)cc5)ccc(O)c4C(=O)C3=C(O)[C@]2(O)C1=O. The fourth-order valence-corrected chi connectivity index (χ4v) is 5.91. The second-order valence-corrected chi connectivity index (χ2v) is 9.92. The third-order valence-electron chi connectivity index (χ3n) is 7.70. The predicted molar refractivity (Wildman–Crippen MR) is 137 cm³/mol. The molecule has 0 saturated carbocycles. The standard InChI is InChI=1S/C28H25FN2O9/c29-7-8-40-27(38)31-15-3-1-12(2-4-15)16-5-6-18(32)21-17(16)10-13-9-14-11-19(33)22(26(30)37)25(36)28(14,39)24(35)20(13)23(21)34/h1-6,13-14,32-33,35,39H,7-11H2,(H2,30,37)(H,31,38)/t13-,14+,28+/m1/s1. The van der Waals surface area contributed by atoms with E-state index in [2.05, 4.69) is 10.1 Å². The molecule has 0 aromatic heterocycles. The number of ether oxygens (including phenoxy) is 1. The summed E-state index contributed by atoms with van der Waals surface area (Å²) in [4.78, 5) is 50.2. The molecular weight excluding hydrogens is 527 g/mol. The van der Waals surface area contributed by atoms with Gasteiger partial charge in [-0.2, -0.15) is 0 Å². The van der Waals surface area contributed by atoms with E-state index in [4.69, 9.17) is 5.73 Å². The average Bonchev–Trinajstić information content (AvgIpc) is 2.90. The van der Waals surface area contributed by atoms with Crippen molar-refractivity contribution < 1.29 is 48.7 Å². The van der Waals surface area contributed by atoms with Crippen molar-refractivity contribution in [1.82, 2.24) is 0 Å². The molecule has 0 aliphatic heterocycles. The van der Waals surface area contributed by atoms with Crippen LogP contribution in [0.25, 0.3) is 11.1 Å². The minimum atomic E-state index is -2.63. The van der Waals surface area contributed by atoms with Gasteiger partial charge in [0.1, 0.15) is 36.1 Å². The number of aromatic hydroxyl groups is 1. The molecule has 5 rings (SSSR count). The molecule has 3 aliphatic rings. The number of alkyl halides is 1. The Balaban J connectivity index is 1.53. The summed E-state index contributed by atoms with van der Waals surface area (Å²) in [6, 6.07) is 9.41. The quantitative estimate of drug-likeness (QED) is 0.302. The number of nitrogens with two attached hydrogens (primary N) is 1. The maximum Gasteiger partial charge on any atom is 0.411 e. The van der Waals surface area contributed by atoms with E-state index in [0.717, 1.165) is 0 Å². The van der Waals surface area contributed by atoms with Gasteiger partial charge in [0.15, 0.2) is 11.4 Å². The molecule has 12 heteroatoms. The summed E-state index contributed by atoms with van der Waals surface area (Å²) in [5.74, 6) is -6.91. The van der Waals surface area contributed by atoms with Crippen molar-refractivity contribution in [2.24, 2.45) is 17.6 Å². The van der Waals surface area contributed by atoms with Gasteiger partial charge in [0, 0.05) is 23.6 Å². The topological polar surface area (TPSA) is 196 Å². The largest absolute Gasteiger partial charge is 0.511 e. The number of carbonyl (C=O) groups is 4. The highest BCUT2D eigenvalue weighted by Crippen LogP contribution is 2.52. The lowest BCUT2D eigenvalue weighted by Crippen LogP contribution is -2.57. The number of hydrogen-bond donors (Lipinski definition) is 6. The van der Waals surface area contributed by atoms with Crippen molar-refractivity contribution in [2.45, 2.75) is 24.9 Å². The first-order chi connectivity index (χ1) is 19.0.